The second-order valence-electron chi connectivity index (χ2n) is 4.94. The minimum absolute atomic E-state index is 0.408. The van der Waals surface area contributed by atoms with Crippen LogP contribution >= 0.6 is 0 Å². The zero-order valence-electron chi connectivity index (χ0n) is 13.3. The summed E-state index contributed by atoms with van der Waals surface area (Å²) < 4.78 is 24.3. The number of aliphatic imine (C=N–C) groups is 1. The minimum atomic E-state index is -3.11. The van der Waals surface area contributed by atoms with E-state index >= 15 is 0 Å². The Morgan fingerprint density at radius 2 is 1.86 bits per heavy atom. The second-order valence-corrected chi connectivity index (χ2v) is 6.78. The van der Waals surface area contributed by atoms with Gasteiger partial charge in [-0.2, -0.15) is 0 Å². The molecule has 0 spiro atoms. The van der Waals surface area contributed by atoms with Crippen LogP contribution in [0.3, 0.4) is 0 Å². The summed E-state index contributed by atoms with van der Waals surface area (Å²) in [4.78, 5) is 4.42. The first-order valence-corrected chi connectivity index (χ1v) is 9.41. The molecule has 0 saturated carbocycles. The molecule has 1 rings (SSSR count). The molecule has 0 atom stereocenters. The standard InChI is InChI=1S/C15H26N4O2S/c1-3-16-15(17-11-7-12-19-22(2,20)21)18-13-10-14-8-5-4-6-9-14/h4-6,8-9,19H,3,7,10-13H2,1-2H3,(H2,16,17,18). The van der Waals surface area contributed by atoms with E-state index in [9.17, 15) is 8.42 Å². The largest absolute Gasteiger partial charge is 0.357 e. The van der Waals surface area contributed by atoms with E-state index in [0.29, 0.717) is 19.5 Å². The zero-order chi connectivity index (χ0) is 16.3. The van der Waals surface area contributed by atoms with Gasteiger partial charge >= 0.3 is 0 Å². The number of nitrogens with zero attached hydrogens (tertiary/aromatic N) is 1. The fourth-order valence-corrected chi connectivity index (χ4v) is 2.35. The molecule has 0 fully saturated rings. The monoisotopic (exact) mass is 326 g/mol. The van der Waals surface area contributed by atoms with E-state index in [1.54, 1.807) is 0 Å². The van der Waals surface area contributed by atoms with Gasteiger partial charge in [0, 0.05) is 26.2 Å². The molecule has 0 aliphatic carbocycles. The van der Waals surface area contributed by atoms with Crippen LogP contribution in [0.5, 0.6) is 0 Å². The molecule has 0 heterocycles. The third-order valence-electron chi connectivity index (χ3n) is 2.86. The van der Waals surface area contributed by atoms with Crippen LogP contribution in [0.1, 0.15) is 18.9 Å². The van der Waals surface area contributed by atoms with E-state index in [1.807, 2.05) is 25.1 Å². The summed E-state index contributed by atoms with van der Waals surface area (Å²) in [5.74, 6) is 0.762. The Bertz CT molecular complexity index is 544. The average Bonchev–Trinajstić information content (AvgIpc) is 2.47. The lowest BCUT2D eigenvalue weighted by Gasteiger charge is -2.11. The molecular weight excluding hydrogens is 300 g/mol. The molecule has 6 nitrogen and oxygen atoms in total. The number of sulfonamides is 1. The average molecular weight is 326 g/mol. The zero-order valence-corrected chi connectivity index (χ0v) is 14.1. The van der Waals surface area contributed by atoms with Crippen LogP contribution in [0.15, 0.2) is 35.3 Å². The third kappa shape index (κ3) is 9.36. The Labute approximate surface area is 133 Å². The van der Waals surface area contributed by atoms with Gasteiger partial charge in [-0.25, -0.2) is 13.1 Å². The number of guanidine groups is 1. The van der Waals surface area contributed by atoms with Crippen LogP contribution in [-0.4, -0.2) is 46.8 Å². The Kier molecular flexibility index (Phi) is 8.54. The number of hydrogen-bond donors (Lipinski definition) is 3. The molecule has 0 radical (unpaired) electrons. The van der Waals surface area contributed by atoms with E-state index in [-0.39, 0.29) is 0 Å². The second kappa shape index (κ2) is 10.2. The molecule has 0 unspecified atom stereocenters. The van der Waals surface area contributed by atoms with Crippen LogP contribution in [0.4, 0.5) is 0 Å². The molecule has 22 heavy (non-hydrogen) atoms. The van der Waals surface area contributed by atoms with Crippen molar-refractivity contribution in [3.05, 3.63) is 35.9 Å². The fraction of sp³-hybridized carbons (Fsp3) is 0.533. The van der Waals surface area contributed by atoms with Crippen LogP contribution in [0.25, 0.3) is 0 Å². The summed E-state index contributed by atoms with van der Waals surface area (Å²) in [5, 5.41) is 6.45. The quantitative estimate of drug-likeness (QED) is 0.355. The minimum Gasteiger partial charge on any atom is -0.357 e. The number of nitrogens with one attached hydrogen (secondary N) is 3. The fourth-order valence-electron chi connectivity index (χ4n) is 1.84. The van der Waals surface area contributed by atoms with Crippen LogP contribution < -0.4 is 15.4 Å². The first kappa shape index (κ1) is 18.4. The molecule has 0 aromatic heterocycles. The van der Waals surface area contributed by atoms with Crippen LogP contribution in [0, 0.1) is 0 Å². The molecule has 124 valence electrons. The van der Waals surface area contributed by atoms with Crippen molar-refractivity contribution < 1.29 is 8.42 Å². The Hall–Kier alpha value is -1.60. The van der Waals surface area contributed by atoms with Crippen molar-refractivity contribution in [3.63, 3.8) is 0 Å². The van der Waals surface area contributed by atoms with Gasteiger partial charge in [0.25, 0.3) is 0 Å². The molecule has 0 aliphatic rings. The Morgan fingerprint density at radius 3 is 2.50 bits per heavy atom. The summed E-state index contributed by atoms with van der Waals surface area (Å²) in [5.41, 5.74) is 1.28. The van der Waals surface area contributed by atoms with Crippen molar-refractivity contribution >= 4 is 16.0 Å². The number of rotatable bonds is 9. The van der Waals surface area contributed by atoms with Crippen molar-refractivity contribution in [2.45, 2.75) is 19.8 Å². The van der Waals surface area contributed by atoms with E-state index < -0.39 is 10.0 Å². The van der Waals surface area contributed by atoms with Crippen molar-refractivity contribution in [1.82, 2.24) is 15.4 Å². The van der Waals surface area contributed by atoms with Crippen molar-refractivity contribution in [2.75, 3.05) is 32.4 Å². The Balaban J connectivity index is 2.29. The summed E-state index contributed by atoms with van der Waals surface area (Å²) in [7, 11) is -3.11. The van der Waals surface area contributed by atoms with E-state index in [4.69, 9.17) is 0 Å². The normalized spacial score (nSPS) is 12.2. The highest BCUT2D eigenvalue weighted by atomic mass is 32.2. The van der Waals surface area contributed by atoms with Gasteiger partial charge in [-0.1, -0.05) is 30.3 Å². The van der Waals surface area contributed by atoms with Crippen molar-refractivity contribution in [3.8, 4) is 0 Å². The Morgan fingerprint density at radius 1 is 1.14 bits per heavy atom. The van der Waals surface area contributed by atoms with E-state index in [0.717, 1.165) is 31.7 Å². The SMILES string of the molecule is CCNC(=NCCCNS(C)(=O)=O)NCCc1ccccc1. The van der Waals surface area contributed by atoms with Crippen molar-refractivity contribution in [1.29, 1.82) is 0 Å². The lowest BCUT2D eigenvalue weighted by atomic mass is 10.1. The number of benzene rings is 1. The molecule has 0 amide bonds. The highest BCUT2D eigenvalue weighted by molar-refractivity contribution is 7.88. The van der Waals surface area contributed by atoms with Crippen molar-refractivity contribution in [2.24, 2.45) is 4.99 Å². The molecule has 0 aliphatic heterocycles. The van der Waals surface area contributed by atoms with Gasteiger partial charge in [0.1, 0.15) is 0 Å². The maximum absolute atomic E-state index is 10.9. The maximum Gasteiger partial charge on any atom is 0.208 e. The summed E-state index contributed by atoms with van der Waals surface area (Å²) in [6.07, 6.45) is 2.76. The summed E-state index contributed by atoms with van der Waals surface area (Å²) >= 11 is 0. The van der Waals surface area contributed by atoms with Crippen LogP contribution in [-0.2, 0) is 16.4 Å². The van der Waals surface area contributed by atoms with Gasteiger partial charge in [-0.3, -0.25) is 4.99 Å². The topological polar surface area (TPSA) is 82.6 Å². The molecular formula is C15H26N4O2S. The van der Waals surface area contributed by atoms with Gasteiger partial charge in [0.2, 0.25) is 10.0 Å². The summed E-state index contributed by atoms with van der Waals surface area (Å²) in [6, 6.07) is 10.3. The first-order valence-electron chi connectivity index (χ1n) is 7.52. The highest BCUT2D eigenvalue weighted by Gasteiger charge is 2.00. The molecule has 7 heteroatoms. The molecule has 0 bridgehead atoms. The molecule has 0 saturated heterocycles. The molecule has 3 N–H and O–H groups in total. The van der Waals surface area contributed by atoms with Gasteiger partial charge in [-0.05, 0) is 25.3 Å². The predicted octanol–water partition coefficient (Wildman–Crippen LogP) is 0.724. The van der Waals surface area contributed by atoms with Gasteiger partial charge < -0.3 is 10.6 Å². The predicted molar refractivity (Wildman–Crippen MR) is 91.6 cm³/mol. The molecule has 1 aromatic rings. The molecule has 1 aromatic carbocycles. The summed E-state index contributed by atoms with van der Waals surface area (Å²) in [6.45, 7) is 4.59. The van der Waals surface area contributed by atoms with Crippen LogP contribution in [0.2, 0.25) is 0 Å². The van der Waals surface area contributed by atoms with Gasteiger partial charge in [0.15, 0.2) is 5.96 Å². The lowest BCUT2D eigenvalue weighted by molar-refractivity contribution is 0.585. The lowest BCUT2D eigenvalue weighted by Crippen LogP contribution is -2.38. The van der Waals surface area contributed by atoms with Gasteiger partial charge in [0.05, 0.1) is 6.26 Å². The third-order valence-corrected chi connectivity index (χ3v) is 3.59. The maximum atomic E-state index is 10.9. The number of hydrogen-bond acceptors (Lipinski definition) is 3. The van der Waals surface area contributed by atoms with E-state index in [2.05, 4.69) is 32.5 Å². The first-order chi connectivity index (χ1) is 10.5. The highest BCUT2D eigenvalue weighted by Crippen LogP contribution is 1.98. The van der Waals surface area contributed by atoms with Gasteiger partial charge in [-0.15, -0.1) is 0 Å². The smallest absolute Gasteiger partial charge is 0.208 e. The van der Waals surface area contributed by atoms with E-state index in [1.165, 1.54) is 5.56 Å².